The minimum absolute atomic E-state index is 0.510. The van der Waals surface area contributed by atoms with Crippen LogP contribution in [-0.4, -0.2) is 22.7 Å². The third kappa shape index (κ3) is 3.53. The largest absolute Gasteiger partial charge is 0.279 e. The minimum Gasteiger partial charge on any atom is -0.279 e. The van der Waals surface area contributed by atoms with Crippen molar-refractivity contribution in [3.63, 3.8) is 0 Å². The van der Waals surface area contributed by atoms with Crippen LogP contribution in [0.15, 0.2) is 4.99 Å². The molecule has 0 bridgehead atoms. The molecular weight excluding hydrogens is 166 g/mol. The molecule has 0 fully saturated rings. The Bertz CT molecular complexity index is 194. The van der Waals surface area contributed by atoms with E-state index in [1.807, 2.05) is 0 Å². The highest BCUT2D eigenvalue weighted by molar-refractivity contribution is 8.16. The molecule has 70 valence electrons. The lowest BCUT2D eigenvalue weighted by atomic mass is 10.2. The fraction of sp³-hybridized carbons (Fsp3) is 0.800. The summed E-state index contributed by atoms with van der Waals surface area (Å²) in [6.07, 6.45) is 5.55. The van der Waals surface area contributed by atoms with E-state index in [9.17, 15) is 0 Å². The fourth-order valence-corrected chi connectivity index (χ4v) is 3.16. The second-order valence-corrected chi connectivity index (χ2v) is 5.33. The van der Waals surface area contributed by atoms with Crippen molar-refractivity contribution in [3.05, 3.63) is 0 Å². The van der Waals surface area contributed by atoms with Gasteiger partial charge in [-0.15, -0.1) is 0 Å². The first kappa shape index (κ1) is 9.97. The molecule has 1 heterocycles. The Morgan fingerprint density at radius 3 is 2.83 bits per heavy atom. The van der Waals surface area contributed by atoms with Gasteiger partial charge in [-0.25, -0.2) is 0 Å². The van der Waals surface area contributed by atoms with Crippen LogP contribution in [0.1, 0.15) is 39.5 Å². The van der Waals surface area contributed by atoms with Gasteiger partial charge in [0.25, 0.3) is 0 Å². The zero-order valence-electron chi connectivity index (χ0n) is 8.18. The quantitative estimate of drug-likeness (QED) is 0.461. The van der Waals surface area contributed by atoms with Crippen LogP contribution in [0.25, 0.3) is 0 Å². The summed E-state index contributed by atoms with van der Waals surface area (Å²) in [6, 6.07) is 0. The van der Waals surface area contributed by atoms with E-state index in [4.69, 9.17) is 0 Å². The lowest BCUT2D eigenvalue weighted by Gasteiger charge is -2.01. The zero-order valence-corrected chi connectivity index (χ0v) is 8.99. The number of aliphatic imine (C=N–C) groups is 1. The Hall–Kier alpha value is -0.110. The highest BCUT2D eigenvalue weighted by atomic mass is 32.2. The predicted octanol–water partition coefficient (Wildman–Crippen LogP) is 3.07. The van der Waals surface area contributed by atoms with E-state index < -0.39 is 0 Å². The summed E-state index contributed by atoms with van der Waals surface area (Å²) >= 11 is 0. The average molecular weight is 185 g/mol. The van der Waals surface area contributed by atoms with Crippen molar-refractivity contribution in [1.82, 2.24) is 0 Å². The SMILES string of the molecule is CCCCCCS1=CC(C)=NC1. The molecule has 0 aromatic carbocycles. The van der Waals surface area contributed by atoms with Gasteiger partial charge in [-0.1, -0.05) is 26.2 Å². The van der Waals surface area contributed by atoms with Gasteiger partial charge in [0, 0.05) is 5.71 Å². The van der Waals surface area contributed by atoms with E-state index in [1.54, 1.807) is 0 Å². The molecule has 0 radical (unpaired) electrons. The highest BCUT2D eigenvalue weighted by Gasteiger charge is 2.01. The molecule has 1 aliphatic rings. The summed E-state index contributed by atoms with van der Waals surface area (Å²) in [5, 5.41) is 2.35. The highest BCUT2D eigenvalue weighted by Crippen LogP contribution is 2.19. The smallest absolute Gasteiger partial charge is 0.0800 e. The molecule has 1 aliphatic heterocycles. The number of hydrogen-bond donors (Lipinski definition) is 0. The van der Waals surface area contributed by atoms with Gasteiger partial charge in [0.1, 0.15) is 0 Å². The van der Waals surface area contributed by atoms with Crippen LogP contribution >= 0.6 is 10.5 Å². The van der Waals surface area contributed by atoms with Gasteiger partial charge in [-0.05, 0) is 24.5 Å². The van der Waals surface area contributed by atoms with Gasteiger partial charge < -0.3 is 0 Å². The van der Waals surface area contributed by atoms with E-state index in [0.29, 0.717) is 10.5 Å². The summed E-state index contributed by atoms with van der Waals surface area (Å²) in [5.74, 6) is 2.46. The van der Waals surface area contributed by atoms with Crippen molar-refractivity contribution in [1.29, 1.82) is 0 Å². The zero-order chi connectivity index (χ0) is 8.81. The predicted molar refractivity (Wildman–Crippen MR) is 60.6 cm³/mol. The van der Waals surface area contributed by atoms with Crippen LogP contribution in [0, 0.1) is 0 Å². The molecule has 1 unspecified atom stereocenters. The third-order valence-corrected chi connectivity index (χ3v) is 4.03. The van der Waals surface area contributed by atoms with E-state index in [0.717, 1.165) is 5.88 Å². The Morgan fingerprint density at radius 1 is 1.42 bits per heavy atom. The average Bonchev–Trinajstić information content (AvgIpc) is 2.45. The molecule has 1 nitrogen and oxygen atoms in total. The van der Waals surface area contributed by atoms with Gasteiger partial charge in [0.2, 0.25) is 0 Å². The fourth-order valence-electron chi connectivity index (χ4n) is 1.34. The van der Waals surface area contributed by atoms with E-state index in [-0.39, 0.29) is 0 Å². The van der Waals surface area contributed by atoms with Crippen molar-refractivity contribution in [2.24, 2.45) is 4.99 Å². The Labute approximate surface area is 78.2 Å². The lowest BCUT2D eigenvalue weighted by molar-refractivity contribution is 0.706. The Balaban J connectivity index is 2.06. The molecule has 0 N–H and O–H groups in total. The molecule has 2 heteroatoms. The van der Waals surface area contributed by atoms with Gasteiger partial charge in [-0.2, -0.15) is 10.5 Å². The Kier molecular flexibility index (Phi) is 4.59. The topological polar surface area (TPSA) is 12.4 Å². The van der Waals surface area contributed by atoms with Gasteiger partial charge >= 0.3 is 0 Å². The van der Waals surface area contributed by atoms with Crippen LogP contribution < -0.4 is 0 Å². The molecule has 1 atom stereocenters. The first-order valence-corrected chi connectivity index (χ1v) is 6.47. The first-order chi connectivity index (χ1) is 5.83. The van der Waals surface area contributed by atoms with Crippen molar-refractivity contribution < 1.29 is 0 Å². The normalized spacial score (nSPS) is 22.2. The second kappa shape index (κ2) is 5.52. The van der Waals surface area contributed by atoms with E-state index in [2.05, 4.69) is 24.2 Å². The van der Waals surface area contributed by atoms with Crippen LogP contribution in [0.2, 0.25) is 0 Å². The maximum Gasteiger partial charge on any atom is 0.0800 e. The summed E-state index contributed by atoms with van der Waals surface area (Å²) < 4.78 is 0. The molecule has 0 saturated heterocycles. The summed E-state index contributed by atoms with van der Waals surface area (Å²) in [6.45, 7) is 4.37. The van der Waals surface area contributed by atoms with Crippen LogP contribution in [0.4, 0.5) is 0 Å². The summed E-state index contributed by atoms with van der Waals surface area (Å²) in [4.78, 5) is 4.39. The van der Waals surface area contributed by atoms with Gasteiger partial charge in [0.05, 0.1) is 5.88 Å². The molecule has 12 heavy (non-hydrogen) atoms. The molecule has 0 aliphatic carbocycles. The van der Waals surface area contributed by atoms with Crippen LogP contribution in [0.5, 0.6) is 0 Å². The second-order valence-electron chi connectivity index (χ2n) is 3.35. The van der Waals surface area contributed by atoms with Crippen molar-refractivity contribution in [3.8, 4) is 0 Å². The number of hydrogen-bond acceptors (Lipinski definition) is 1. The standard InChI is InChI=1S/C10H19NS/c1-3-4-5-6-7-12-8-10(2)11-9-12/h8H,3-7,9H2,1-2H3. The maximum absolute atomic E-state index is 4.39. The summed E-state index contributed by atoms with van der Waals surface area (Å²) in [7, 11) is 0.510. The first-order valence-electron chi connectivity index (χ1n) is 4.85. The molecule has 0 aromatic heterocycles. The van der Waals surface area contributed by atoms with Crippen LogP contribution in [-0.2, 0) is 0 Å². The Morgan fingerprint density at radius 2 is 2.25 bits per heavy atom. The van der Waals surface area contributed by atoms with Crippen molar-refractivity contribution in [2.45, 2.75) is 39.5 Å². The monoisotopic (exact) mass is 185 g/mol. The van der Waals surface area contributed by atoms with Crippen LogP contribution in [0.3, 0.4) is 0 Å². The minimum atomic E-state index is 0.510. The number of rotatable bonds is 5. The van der Waals surface area contributed by atoms with E-state index >= 15 is 0 Å². The molecule has 1 rings (SSSR count). The van der Waals surface area contributed by atoms with Gasteiger partial charge in [-0.3, -0.25) is 4.99 Å². The molecule has 0 spiro atoms. The molecular formula is C10H19NS. The van der Waals surface area contributed by atoms with E-state index in [1.165, 1.54) is 37.1 Å². The molecule has 0 saturated carbocycles. The number of nitrogens with zero attached hydrogens (tertiary/aromatic N) is 1. The third-order valence-electron chi connectivity index (χ3n) is 2.08. The van der Waals surface area contributed by atoms with Gasteiger partial charge in [0.15, 0.2) is 0 Å². The molecule has 0 aromatic rings. The van der Waals surface area contributed by atoms with Crippen molar-refractivity contribution in [2.75, 3.05) is 11.6 Å². The summed E-state index contributed by atoms with van der Waals surface area (Å²) in [5.41, 5.74) is 1.26. The maximum atomic E-state index is 4.39. The lowest BCUT2D eigenvalue weighted by Crippen LogP contribution is -1.87. The van der Waals surface area contributed by atoms with Crippen molar-refractivity contribution >= 4 is 21.6 Å². The molecule has 0 amide bonds. The number of unbranched alkanes of at least 4 members (excludes halogenated alkanes) is 3.